The molecule has 2 N–H and O–H groups in total. The van der Waals surface area contributed by atoms with E-state index in [9.17, 15) is 5.11 Å². The SMILES string of the molecule is CC1CCC2(CN(Cc3ccccc3)CC2O)N1. The molecule has 1 aromatic carbocycles. The summed E-state index contributed by atoms with van der Waals surface area (Å²) in [7, 11) is 0. The standard InChI is InChI=1S/C15H22N2O/c1-12-7-8-15(16-12)11-17(10-14(15)18)9-13-5-3-2-4-6-13/h2-6,12,14,16,18H,7-11H2,1H3. The predicted molar refractivity (Wildman–Crippen MR) is 72.3 cm³/mol. The van der Waals surface area contributed by atoms with Crippen molar-refractivity contribution in [3.8, 4) is 0 Å². The van der Waals surface area contributed by atoms with E-state index in [1.54, 1.807) is 0 Å². The van der Waals surface area contributed by atoms with Gasteiger partial charge in [0.05, 0.1) is 11.6 Å². The van der Waals surface area contributed by atoms with Crippen molar-refractivity contribution in [2.24, 2.45) is 0 Å². The van der Waals surface area contributed by atoms with Crippen molar-refractivity contribution in [1.82, 2.24) is 10.2 Å². The molecule has 2 heterocycles. The van der Waals surface area contributed by atoms with E-state index >= 15 is 0 Å². The summed E-state index contributed by atoms with van der Waals surface area (Å²) < 4.78 is 0. The van der Waals surface area contributed by atoms with Gasteiger partial charge in [-0.25, -0.2) is 0 Å². The van der Waals surface area contributed by atoms with Crippen LogP contribution in [0.5, 0.6) is 0 Å². The Balaban J connectivity index is 1.67. The number of likely N-dealkylation sites (tertiary alicyclic amines) is 1. The number of rotatable bonds is 2. The van der Waals surface area contributed by atoms with Crippen molar-refractivity contribution in [2.45, 2.75) is 44.0 Å². The smallest absolute Gasteiger partial charge is 0.0861 e. The van der Waals surface area contributed by atoms with Gasteiger partial charge in [-0.05, 0) is 25.3 Å². The summed E-state index contributed by atoms with van der Waals surface area (Å²) in [6, 6.07) is 11.0. The summed E-state index contributed by atoms with van der Waals surface area (Å²) in [4.78, 5) is 2.37. The highest BCUT2D eigenvalue weighted by atomic mass is 16.3. The number of benzene rings is 1. The van der Waals surface area contributed by atoms with Gasteiger partial charge in [-0.1, -0.05) is 30.3 Å². The zero-order valence-corrected chi connectivity index (χ0v) is 11.0. The molecule has 18 heavy (non-hydrogen) atoms. The molecule has 0 aromatic heterocycles. The van der Waals surface area contributed by atoms with Gasteiger partial charge in [0.1, 0.15) is 0 Å². The Bertz CT molecular complexity index is 408. The van der Waals surface area contributed by atoms with Gasteiger partial charge in [0.2, 0.25) is 0 Å². The first-order valence-corrected chi connectivity index (χ1v) is 6.90. The molecule has 0 radical (unpaired) electrons. The molecule has 3 unspecified atom stereocenters. The number of nitrogens with zero attached hydrogens (tertiary/aromatic N) is 1. The Kier molecular flexibility index (Phi) is 3.14. The van der Waals surface area contributed by atoms with Crippen molar-refractivity contribution < 1.29 is 5.11 Å². The fraction of sp³-hybridized carbons (Fsp3) is 0.600. The van der Waals surface area contributed by atoms with Crippen LogP contribution in [0.25, 0.3) is 0 Å². The number of nitrogens with one attached hydrogen (secondary N) is 1. The molecule has 3 rings (SSSR count). The van der Waals surface area contributed by atoms with Gasteiger partial charge >= 0.3 is 0 Å². The fourth-order valence-corrected chi connectivity index (χ4v) is 3.45. The van der Waals surface area contributed by atoms with Crippen molar-refractivity contribution in [1.29, 1.82) is 0 Å². The molecule has 2 saturated heterocycles. The summed E-state index contributed by atoms with van der Waals surface area (Å²) in [5.74, 6) is 0. The van der Waals surface area contributed by atoms with Crippen molar-refractivity contribution in [3.63, 3.8) is 0 Å². The molecule has 2 fully saturated rings. The maximum Gasteiger partial charge on any atom is 0.0861 e. The van der Waals surface area contributed by atoms with E-state index in [1.807, 2.05) is 6.07 Å². The highest BCUT2D eigenvalue weighted by Crippen LogP contribution is 2.33. The van der Waals surface area contributed by atoms with E-state index < -0.39 is 0 Å². The second-order valence-corrected chi connectivity index (χ2v) is 5.91. The van der Waals surface area contributed by atoms with E-state index in [0.29, 0.717) is 6.04 Å². The Labute approximate surface area is 109 Å². The van der Waals surface area contributed by atoms with Gasteiger partial charge in [0.25, 0.3) is 0 Å². The van der Waals surface area contributed by atoms with Gasteiger partial charge in [-0.2, -0.15) is 0 Å². The number of hydrogen-bond acceptors (Lipinski definition) is 3. The van der Waals surface area contributed by atoms with Crippen LogP contribution in [0.1, 0.15) is 25.3 Å². The normalized spacial score (nSPS) is 36.6. The van der Waals surface area contributed by atoms with Crippen LogP contribution < -0.4 is 5.32 Å². The molecule has 0 aliphatic carbocycles. The molecule has 1 aromatic rings. The Morgan fingerprint density at radius 1 is 1.39 bits per heavy atom. The zero-order chi connectivity index (χ0) is 12.6. The van der Waals surface area contributed by atoms with Crippen molar-refractivity contribution in [2.75, 3.05) is 13.1 Å². The van der Waals surface area contributed by atoms with Crippen molar-refractivity contribution in [3.05, 3.63) is 35.9 Å². The second kappa shape index (κ2) is 4.65. The lowest BCUT2D eigenvalue weighted by Gasteiger charge is -2.28. The third-order valence-corrected chi connectivity index (χ3v) is 4.38. The van der Waals surface area contributed by atoms with Crippen LogP contribution in [-0.4, -0.2) is 40.8 Å². The predicted octanol–water partition coefficient (Wildman–Crippen LogP) is 1.37. The minimum atomic E-state index is -0.230. The molecular weight excluding hydrogens is 224 g/mol. The maximum absolute atomic E-state index is 10.3. The molecule has 0 saturated carbocycles. The first-order valence-electron chi connectivity index (χ1n) is 6.90. The van der Waals surface area contributed by atoms with Crippen LogP contribution in [0.15, 0.2) is 30.3 Å². The van der Waals surface area contributed by atoms with Crippen LogP contribution >= 0.6 is 0 Å². The average Bonchev–Trinajstić information content (AvgIpc) is 2.86. The van der Waals surface area contributed by atoms with Crippen molar-refractivity contribution >= 4 is 0 Å². The maximum atomic E-state index is 10.3. The molecule has 3 nitrogen and oxygen atoms in total. The first-order chi connectivity index (χ1) is 8.68. The van der Waals surface area contributed by atoms with E-state index in [1.165, 1.54) is 12.0 Å². The lowest BCUT2D eigenvalue weighted by molar-refractivity contribution is 0.109. The Morgan fingerprint density at radius 2 is 2.17 bits per heavy atom. The Hall–Kier alpha value is -0.900. The van der Waals surface area contributed by atoms with Gasteiger partial charge in [-0.15, -0.1) is 0 Å². The summed E-state index contributed by atoms with van der Waals surface area (Å²) in [6.07, 6.45) is 2.04. The highest BCUT2D eigenvalue weighted by molar-refractivity contribution is 5.16. The minimum absolute atomic E-state index is 0.0474. The first kappa shape index (κ1) is 12.2. The number of β-amino-alcohol motifs (C(OH)–C–C–N with tert-alkyl or cyclic N) is 1. The van der Waals surface area contributed by atoms with Crippen LogP contribution in [0.3, 0.4) is 0 Å². The monoisotopic (exact) mass is 246 g/mol. The van der Waals surface area contributed by atoms with Crippen LogP contribution in [-0.2, 0) is 6.54 Å². The van der Waals surface area contributed by atoms with Crippen LogP contribution in [0, 0.1) is 0 Å². The lowest BCUT2D eigenvalue weighted by Crippen LogP contribution is -2.51. The molecule has 2 aliphatic rings. The number of aliphatic hydroxyl groups is 1. The van der Waals surface area contributed by atoms with Gasteiger partial charge in [0, 0.05) is 25.7 Å². The lowest BCUT2D eigenvalue weighted by atomic mass is 9.94. The molecule has 0 amide bonds. The second-order valence-electron chi connectivity index (χ2n) is 5.91. The zero-order valence-electron chi connectivity index (χ0n) is 11.0. The van der Waals surface area contributed by atoms with Crippen LogP contribution in [0.2, 0.25) is 0 Å². The molecule has 98 valence electrons. The summed E-state index contributed by atoms with van der Waals surface area (Å²) in [5.41, 5.74) is 1.28. The van der Waals surface area contributed by atoms with E-state index in [2.05, 4.69) is 41.4 Å². The third kappa shape index (κ3) is 2.18. The minimum Gasteiger partial charge on any atom is -0.390 e. The van der Waals surface area contributed by atoms with E-state index in [0.717, 1.165) is 26.1 Å². The molecule has 1 spiro atoms. The fourth-order valence-electron chi connectivity index (χ4n) is 3.45. The number of aliphatic hydroxyl groups excluding tert-OH is 1. The van der Waals surface area contributed by atoms with Crippen LogP contribution in [0.4, 0.5) is 0 Å². The molecule has 2 aliphatic heterocycles. The summed E-state index contributed by atoms with van der Waals surface area (Å²) in [6.45, 7) is 4.90. The third-order valence-electron chi connectivity index (χ3n) is 4.38. The molecule has 0 bridgehead atoms. The quantitative estimate of drug-likeness (QED) is 0.827. The largest absolute Gasteiger partial charge is 0.390 e. The van der Waals surface area contributed by atoms with E-state index in [-0.39, 0.29) is 11.6 Å². The highest BCUT2D eigenvalue weighted by Gasteiger charge is 2.48. The molecular formula is C15H22N2O. The average molecular weight is 246 g/mol. The summed E-state index contributed by atoms with van der Waals surface area (Å²) >= 11 is 0. The topological polar surface area (TPSA) is 35.5 Å². The summed E-state index contributed by atoms with van der Waals surface area (Å²) in [5, 5.41) is 13.9. The van der Waals surface area contributed by atoms with E-state index in [4.69, 9.17) is 0 Å². The molecule has 3 heteroatoms. The van der Waals surface area contributed by atoms with Gasteiger partial charge < -0.3 is 10.4 Å². The number of hydrogen-bond donors (Lipinski definition) is 2. The van der Waals surface area contributed by atoms with Gasteiger partial charge in [-0.3, -0.25) is 4.90 Å². The Morgan fingerprint density at radius 3 is 2.83 bits per heavy atom. The van der Waals surface area contributed by atoms with Gasteiger partial charge in [0.15, 0.2) is 0 Å². The molecule has 3 atom stereocenters.